The van der Waals surface area contributed by atoms with Crippen molar-refractivity contribution < 1.29 is 0 Å². The Labute approximate surface area is 166 Å². The number of benzene rings is 1. The molecule has 1 aliphatic heterocycles. The van der Waals surface area contributed by atoms with Crippen molar-refractivity contribution >= 4 is 17.3 Å². The van der Waals surface area contributed by atoms with Crippen LogP contribution in [-0.4, -0.2) is 43.1 Å². The van der Waals surface area contributed by atoms with E-state index in [1.807, 2.05) is 7.05 Å². The van der Waals surface area contributed by atoms with Crippen molar-refractivity contribution in [2.24, 2.45) is 4.99 Å². The Balaban J connectivity index is 1.23. The van der Waals surface area contributed by atoms with Crippen LogP contribution in [0, 0.1) is 6.92 Å². The Bertz CT molecular complexity index is 762. The van der Waals surface area contributed by atoms with Gasteiger partial charge in [0, 0.05) is 44.7 Å². The average Bonchev–Trinajstić information content (AvgIpc) is 3.24. The Morgan fingerprint density at radius 2 is 2.00 bits per heavy atom. The quantitative estimate of drug-likeness (QED) is 0.611. The SMILES string of the molecule is CN=C(NC1CCN(Cc2ccsc2)CC1)NC1CC1c1ccccc1C. The van der Waals surface area contributed by atoms with Crippen LogP contribution in [0.25, 0.3) is 0 Å². The molecule has 2 fully saturated rings. The molecule has 144 valence electrons. The third kappa shape index (κ3) is 4.71. The second-order valence-electron chi connectivity index (χ2n) is 7.85. The first kappa shape index (κ1) is 18.5. The van der Waals surface area contributed by atoms with E-state index in [2.05, 4.69) is 68.5 Å². The molecule has 1 aliphatic carbocycles. The highest BCUT2D eigenvalue weighted by molar-refractivity contribution is 7.07. The molecule has 5 heteroatoms. The number of thiophene rings is 1. The largest absolute Gasteiger partial charge is 0.354 e. The molecular formula is C22H30N4S. The predicted octanol–water partition coefficient (Wildman–Crippen LogP) is 3.74. The molecule has 27 heavy (non-hydrogen) atoms. The van der Waals surface area contributed by atoms with E-state index in [0.717, 1.165) is 25.6 Å². The summed E-state index contributed by atoms with van der Waals surface area (Å²) in [5.74, 6) is 1.59. The number of likely N-dealkylation sites (tertiary alicyclic amines) is 1. The summed E-state index contributed by atoms with van der Waals surface area (Å²) < 4.78 is 0. The van der Waals surface area contributed by atoms with Crippen LogP contribution in [0.1, 0.15) is 41.9 Å². The Morgan fingerprint density at radius 1 is 1.19 bits per heavy atom. The minimum atomic E-state index is 0.510. The Kier molecular flexibility index (Phi) is 5.79. The zero-order valence-corrected chi connectivity index (χ0v) is 17.1. The maximum Gasteiger partial charge on any atom is 0.191 e. The van der Waals surface area contributed by atoms with E-state index in [1.54, 1.807) is 11.3 Å². The van der Waals surface area contributed by atoms with E-state index in [4.69, 9.17) is 0 Å². The summed E-state index contributed by atoms with van der Waals surface area (Å²) in [6, 6.07) is 12.0. The molecule has 2 atom stereocenters. The van der Waals surface area contributed by atoms with E-state index < -0.39 is 0 Å². The highest BCUT2D eigenvalue weighted by atomic mass is 32.1. The summed E-state index contributed by atoms with van der Waals surface area (Å²) in [5.41, 5.74) is 4.32. The van der Waals surface area contributed by atoms with Crippen molar-refractivity contribution in [3.8, 4) is 0 Å². The van der Waals surface area contributed by atoms with Gasteiger partial charge in [0.1, 0.15) is 0 Å². The molecule has 1 saturated heterocycles. The number of rotatable bonds is 5. The van der Waals surface area contributed by atoms with Crippen molar-refractivity contribution in [3.05, 3.63) is 57.8 Å². The molecule has 4 rings (SSSR count). The van der Waals surface area contributed by atoms with Gasteiger partial charge in [0.25, 0.3) is 0 Å². The number of hydrogen-bond acceptors (Lipinski definition) is 3. The molecule has 4 nitrogen and oxygen atoms in total. The van der Waals surface area contributed by atoms with Crippen molar-refractivity contribution in [2.75, 3.05) is 20.1 Å². The summed E-state index contributed by atoms with van der Waals surface area (Å²) in [4.78, 5) is 7.04. The number of nitrogens with zero attached hydrogens (tertiary/aromatic N) is 2. The number of aliphatic imine (C=N–C) groups is 1. The van der Waals surface area contributed by atoms with Crippen LogP contribution in [0.5, 0.6) is 0 Å². The van der Waals surface area contributed by atoms with Gasteiger partial charge in [0.15, 0.2) is 5.96 Å². The first-order valence-electron chi connectivity index (χ1n) is 10.0. The van der Waals surface area contributed by atoms with Crippen molar-refractivity contribution in [2.45, 2.75) is 50.7 Å². The van der Waals surface area contributed by atoms with Crippen LogP contribution in [0.4, 0.5) is 0 Å². The normalized spacial score (nSPS) is 24.0. The molecule has 0 amide bonds. The number of aryl methyl sites for hydroxylation is 1. The van der Waals surface area contributed by atoms with E-state index in [9.17, 15) is 0 Å². The van der Waals surface area contributed by atoms with Gasteiger partial charge in [-0.05, 0) is 59.7 Å². The van der Waals surface area contributed by atoms with Gasteiger partial charge in [-0.25, -0.2) is 0 Å². The molecule has 0 bridgehead atoms. The molecule has 1 aromatic heterocycles. The first-order valence-corrected chi connectivity index (χ1v) is 11.0. The summed E-state index contributed by atoms with van der Waals surface area (Å²) in [5, 5.41) is 11.7. The summed E-state index contributed by atoms with van der Waals surface area (Å²) in [7, 11) is 1.88. The third-order valence-electron chi connectivity index (χ3n) is 5.84. The van der Waals surface area contributed by atoms with Crippen molar-refractivity contribution in [1.29, 1.82) is 0 Å². The Hall–Kier alpha value is -1.85. The Morgan fingerprint density at radius 3 is 2.70 bits per heavy atom. The third-order valence-corrected chi connectivity index (χ3v) is 6.57. The van der Waals surface area contributed by atoms with Gasteiger partial charge in [0.2, 0.25) is 0 Å². The fourth-order valence-electron chi connectivity index (χ4n) is 4.12. The van der Waals surface area contributed by atoms with Crippen LogP contribution in [0.3, 0.4) is 0 Å². The topological polar surface area (TPSA) is 39.7 Å². The highest BCUT2D eigenvalue weighted by Gasteiger charge is 2.39. The number of guanidine groups is 1. The number of nitrogens with one attached hydrogen (secondary N) is 2. The molecule has 2 aliphatic rings. The molecule has 0 radical (unpaired) electrons. The molecule has 2 heterocycles. The maximum absolute atomic E-state index is 4.47. The standard InChI is InChI=1S/C22H30N4S/c1-16-5-3-4-6-19(16)20-13-21(20)25-22(23-2)24-18-7-10-26(11-8-18)14-17-9-12-27-15-17/h3-6,9,12,15,18,20-21H,7-8,10-11,13-14H2,1-2H3,(H2,23,24,25). The lowest BCUT2D eigenvalue weighted by Crippen LogP contribution is -2.49. The molecular weight excluding hydrogens is 352 g/mol. The molecule has 2 unspecified atom stereocenters. The van der Waals surface area contributed by atoms with Crippen molar-refractivity contribution in [3.63, 3.8) is 0 Å². The molecule has 0 spiro atoms. The van der Waals surface area contributed by atoms with Crippen molar-refractivity contribution in [1.82, 2.24) is 15.5 Å². The molecule has 1 aromatic carbocycles. The highest BCUT2D eigenvalue weighted by Crippen LogP contribution is 2.42. The fourth-order valence-corrected chi connectivity index (χ4v) is 4.78. The lowest BCUT2D eigenvalue weighted by Gasteiger charge is -2.33. The van der Waals surface area contributed by atoms with Gasteiger partial charge >= 0.3 is 0 Å². The van der Waals surface area contributed by atoms with Crippen LogP contribution in [0.2, 0.25) is 0 Å². The molecule has 2 N–H and O–H groups in total. The zero-order valence-electron chi connectivity index (χ0n) is 16.3. The van der Waals surface area contributed by atoms with Gasteiger partial charge in [-0.3, -0.25) is 9.89 Å². The van der Waals surface area contributed by atoms with Crippen LogP contribution in [0.15, 0.2) is 46.1 Å². The summed E-state index contributed by atoms with van der Waals surface area (Å²) in [6.07, 6.45) is 3.55. The summed E-state index contributed by atoms with van der Waals surface area (Å²) in [6.45, 7) is 5.60. The predicted molar refractivity (Wildman–Crippen MR) is 115 cm³/mol. The van der Waals surface area contributed by atoms with Crippen LogP contribution < -0.4 is 10.6 Å². The van der Waals surface area contributed by atoms with E-state index in [1.165, 1.54) is 36.0 Å². The maximum atomic E-state index is 4.47. The minimum Gasteiger partial charge on any atom is -0.354 e. The second-order valence-corrected chi connectivity index (χ2v) is 8.63. The average molecular weight is 383 g/mol. The van der Waals surface area contributed by atoms with Gasteiger partial charge in [-0.15, -0.1) is 0 Å². The lowest BCUT2D eigenvalue weighted by molar-refractivity contribution is 0.198. The van der Waals surface area contributed by atoms with Gasteiger partial charge in [-0.1, -0.05) is 24.3 Å². The zero-order chi connectivity index (χ0) is 18.6. The van der Waals surface area contributed by atoms with E-state index >= 15 is 0 Å². The van der Waals surface area contributed by atoms with Gasteiger partial charge in [0.05, 0.1) is 0 Å². The van der Waals surface area contributed by atoms with Crippen LogP contribution in [-0.2, 0) is 6.54 Å². The lowest BCUT2D eigenvalue weighted by atomic mass is 10.0. The number of hydrogen-bond donors (Lipinski definition) is 2. The molecule has 1 saturated carbocycles. The van der Waals surface area contributed by atoms with E-state index in [0.29, 0.717) is 18.0 Å². The van der Waals surface area contributed by atoms with Gasteiger partial charge < -0.3 is 10.6 Å². The monoisotopic (exact) mass is 382 g/mol. The fraction of sp³-hybridized carbons (Fsp3) is 0.500. The smallest absolute Gasteiger partial charge is 0.191 e. The van der Waals surface area contributed by atoms with E-state index in [-0.39, 0.29) is 0 Å². The number of piperidine rings is 1. The summed E-state index contributed by atoms with van der Waals surface area (Å²) >= 11 is 1.79. The first-order chi connectivity index (χ1) is 13.2. The second kappa shape index (κ2) is 8.44. The molecule has 2 aromatic rings. The van der Waals surface area contributed by atoms with Crippen LogP contribution >= 0.6 is 11.3 Å². The minimum absolute atomic E-state index is 0.510. The van der Waals surface area contributed by atoms with Gasteiger partial charge in [-0.2, -0.15) is 11.3 Å².